The van der Waals surface area contributed by atoms with Gasteiger partial charge in [0.25, 0.3) is 0 Å². The summed E-state index contributed by atoms with van der Waals surface area (Å²) in [5.41, 5.74) is 0. The summed E-state index contributed by atoms with van der Waals surface area (Å²) in [6.07, 6.45) is 14.3. The normalized spacial score (nSPS) is 11.2. The van der Waals surface area contributed by atoms with E-state index in [0.29, 0.717) is 0 Å². The van der Waals surface area contributed by atoms with Crippen LogP contribution in [0.1, 0.15) is 90.4 Å². The summed E-state index contributed by atoms with van der Waals surface area (Å²) in [7, 11) is 0. The third kappa shape index (κ3) is 17.6. The number of hydrogen-bond donors (Lipinski definition) is 1. The van der Waals surface area contributed by atoms with Crippen molar-refractivity contribution < 1.29 is 5.11 Å². The van der Waals surface area contributed by atoms with Gasteiger partial charge in [0, 0.05) is 24.6 Å². The van der Waals surface area contributed by atoms with Crippen LogP contribution in [0.5, 0.6) is 0 Å². The van der Waals surface area contributed by atoms with Crippen molar-refractivity contribution in [3.8, 4) is 23.7 Å². The number of hydrogen-bond acceptors (Lipinski definition) is 1. The van der Waals surface area contributed by atoms with Crippen LogP contribution in [0.2, 0.25) is 0 Å². The van der Waals surface area contributed by atoms with Gasteiger partial charge >= 0.3 is 0 Å². The van der Waals surface area contributed by atoms with Crippen LogP contribution in [0, 0.1) is 23.7 Å². The van der Waals surface area contributed by atoms with Crippen LogP contribution in [0.15, 0.2) is 0 Å². The molecule has 0 aliphatic rings. The first-order chi connectivity index (χ1) is 10.8. The highest BCUT2D eigenvalue weighted by Crippen LogP contribution is 2.07. The summed E-state index contributed by atoms with van der Waals surface area (Å²) in [4.78, 5) is 0. The van der Waals surface area contributed by atoms with Crippen LogP contribution in [-0.2, 0) is 0 Å². The third-order valence-electron chi connectivity index (χ3n) is 3.51. The first kappa shape index (κ1) is 21.6. The van der Waals surface area contributed by atoms with Crippen LogP contribution in [0.25, 0.3) is 0 Å². The first-order valence-corrected chi connectivity index (χ1v) is 10.1. The molecule has 0 rings (SSSR count). The van der Waals surface area contributed by atoms with Crippen molar-refractivity contribution in [2.75, 3.05) is 5.33 Å². The zero-order valence-electron chi connectivity index (χ0n) is 14.3. The van der Waals surface area contributed by atoms with Crippen LogP contribution in [-0.4, -0.2) is 16.5 Å². The standard InChI is InChI=1S/C20H33BrO/c1-2-3-17-20(22)18-15-13-11-9-7-5-4-6-8-10-12-14-16-19-21/h20,22H,2-7,9,11-14,16-17,19H2,1H3. The molecule has 0 aromatic heterocycles. The molecule has 0 spiro atoms. The van der Waals surface area contributed by atoms with Gasteiger partial charge in [-0.3, -0.25) is 0 Å². The lowest BCUT2D eigenvalue weighted by molar-refractivity contribution is 0.218. The van der Waals surface area contributed by atoms with Crippen molar-refractivity contribution >= 4 is 15.9 Å². The number of halogens is 1. The van der Waals surface area contributed by atoms with Crippen molar-refractivity contribution in [3.05, 3.63) is 0 Å². The maximum absolute atomic E-state index is 9.58. The Morgan fingerprint density at radius 3 is 1.91 bits per heavy atom. The zero-order chi connectivity index (χ0) is 16.3. The molecule has 0 aliphatic heterocycles. The van der Waals surface area contributed by atoms with Gasteiger partial charge in [-0.15, -0.1) is 17.8 Å². The molecule has 0 aliphatic carbocycles. The molecule has 1 N–H and O–H groups in total. The second kappa shape index (κ2) is 18.6. The van der Waals surface area contributed by atoms with Crippen molar-refractivity contribution in [2.24, 2.45) is 0 Å². The fraction of sp³-hybridized carbons (Fsp3) is 0.800. The van der Waals surface area contributed by atoms with Gasteiger partial charge in [0.15, 0.2) is 0 Å². The van der Waals surface area contributed by atoms with E-state index in [0.717, 1.165) is 50.3 Å². The van der Waals surface area contributed by atoms with Crippen LogP contribution in [0.3, 0.4) is 0 Å². The predicted molar refractivity (Wildman–Crippen MR) is 101 cm³/mol. The van der Waals surface area contributed by atoms with E-state index in [-0.39, 0.29) is 0 Å². The number of aliphatic hydroxyl groups is 1. The molecule has 22 heavy (non-hydrogen) atoms. The zero-order valence-corrected chi connectivity index (χ0v) is 15.9. The summed E-state index contributed by atoms with van der Waals surface area (Å²) >= 11 is 3.43. The second-order valence-corrected chi connectivity index (χ2v) is 6.54. The van der Waals surface area contributed by atoms with E-state index in [2.05, 4.69) is 46.5 Å². The summed E-state index contributed by atoms with van der Waals surface area (Å²) in [6.45, 7) is 2.14. The lowest BCUT2D eigenvalue weighted by atomic mass is 10.1. The molecule has 0 aromatic rings. The smallest absolute Gasteiger partial charge is 0.114 e. The van der Waals surface area contributed by atoms with Gasteiger partial charge in [0.2, 0.25) is 0 Å². The third-order valence-corrected chi connectivity index (χ3v) is 4.07. The molecule has 0 saturated heterocycles. The van der Waals surface area contributed by atoms with Crippen molar-refractivity contribution in [3.63, 3.8) is 0 Å². The fourth-order valence-corrected chi connectivity index (χ4v) is 2.50. The van der Waals surface area contributed by atoms with Crippen LogP contribution in [0.4, 0.5) is 0 Å². The minimum absolute atomic E-state index is 0.409. The average molecular weight is 369 g/mol. The van der Waals surface area contributed by atoms with Gasteiger partial charge in [0.1, 0.15) is 6.10 Å². The molecule has 0 bridgehead atoms. The number of aliphatic hydroxyl groups excluding tert-OH is 1. The summed E-state index contributed by atoms with van der Waals surface area (Å²) in [6, 6.07) is 0. The summed E-state index contributed by atoms with van der Waals surface area (Å²) < 4.78 is 0. The van der Waals surface area contributed by atoms with E-state index >= 15 is 0 Å². The highest BCUT2D eigenvalue weighted by Gasteiger charge is 1.96. The lowest BCUT2D eigenvalue weighted by Gasteiger charge is -2.00. The Hall–Kier alpha value is -0.440. The number of rotatable bonds is 12. The topological polar surface area (TPSA) is 20.2 Å². The Bertz CT molecular complexity index is 342. The van der Waals surface area contributed by atoms with Crippen molar-refractivity contribution in [2.45, 2.75) is 96.5 Å². The van der Waals surface area contributed by atoms with E-state index in [1.165, 1.54) is 38.5 Å². The molecule has 1 unspecified atom stereocenters. The molecule has 1 atom stereocenters. The monoisotopic (exact) mass is 368 g/mol. The van der Waals surface area contributed by atoms with E-state index in [1.807, 2.05) is 0 Å². The highest BCUT2D eigenvalue weighted by atomic mass is 79.9. The summed E-state index contributed by atoms with van der Waals surface area (Å²) in [5, 5.41) is 10.7. The van der Waals surface area contributed by atoms with Gasteiger partial charge in [-0.1, -0.05) is 60.9 Å². The van der Waals surface area contributed by atoms with Crippen molar-refractivity contribution in [1.82, 2.24) is 0 Å². The predicted octanol–water partition coefficient (Wildman–Crippen LogP) is 5.84. The molecule has 0 aromatic carbocycles. The van der Waals surface area contributed by atoms with E-state index < -0.39 is 6.10 Å². The SMILES string of the molecule is CCCCC(O)C#CCCCCCCCC#CCCCCBr. The van der Waals surface area contributed by atoms with Gasteiger partial charge in [-0.25, -0.2) is 0 Å². The van der Waals surface area contributed by atoms with Gasteiger partial charge in [0.05, 0.1) is 0 Å². The largest absolute Gasteiger partial charge is 0.380 e. The Morgan fingerprint density at radius 1 is 0.773 bits per heavy atom. The van der Waals surface area contributed by atoms with E-state index in [1.54, 1.807) is 0 Å². The quantitative estimate of drug-likeness (QED) is 0.260. The van der Waals surface area contributed by atoms with E-state index in [4.69, 9.17) is 0 Å². The van der Waals surface area contributed by atoms with Crippen LogP contribution < -0.4 is 0 Å². The molecular weight excluding hydrogens is 336 g/mol. The molecule has 2 heteroatoms. The van der Waals surface area contributed by atoms with Crippen LogP contribution >= 0.6 is 15.9 Å². The second-order valence-electron chi connectivity index (χ2n) is 5.75. The molecule has 126 valence electrons. The van der Waals surface area contributed by atoms with Crippen molar-refractivity contribution in [1.29, 1.82) is 0 Å². The Kier molecular flexibility index (Phi) is 18.2. The lowest BCUT2D eigenvalue weighted by Crippen LogP contribution is -2.01. The molecule has 0 heterocycles. The summed E-state index contributed by atoms with van der Waals surface area (Å²) in [5.74, 6) is 12.6. The number of unbranched alkanes of at least 4 members (excludes halogenated alkanes) is 9. The Morgan fingerprint density at radius 2 is 1.32 bits per heavy atom. The van der Waals surface area contributed by atoms with Gasteiger partial charge < -0.3 is 5.11 Å². The first-order valence-electron chi connectivity index (χ1n) is 8.99. The van der Waals surface area contributed by atoms with E-state index in [9.17, 15) is 5.11 Å². The highest BCUT2D eigenvalue weighted by molar-refractivity contribution is 9.09. The Balaban J connectivity index is 3.28. The Labute approximate surface area is 146 Å². The minimum Gasteiger partial charge on any atom is -0.380 e. The molecule has 0 saturated carbocycles. The maximum atomic E-state index is 9.58. The fourth-order valence-electron chi connectivity index (χ4n) is 2.10. The molecule has 0 fully saturated rings. The average Bonchev–Trinajstić information content (AvgIpc) is 2.53. The van der Waals surface area contributed by atoms with Gasteiger partial charge in [-0.05, 0) is 32.1 Å². The number of alkyl halides is 1. The molecule has 1 nitrogen and oxygen atoms in total. The molecule has 0 amide bonds. The maximum Gasteiger partial charge on any atom is 0.114 e. The molecular formula is C20H33BrO. The van der Waals surface area contributed by atoms with Gasteiger partial charge in [-0.2, -0.15) is 0 Å². The molecule has 0 radical (unpaired) electrons. The minimum atomic E-state index is -0.409.